The number of carbonyl (C=O) groups excluding carboxylic acids is 1. The summed E-state index contributed by atoms with van der Waals surface area (Å²) >= 11 is 0. The maximum absolute atomic E-state index is 12.8. The predicted molar refractivity (Wildman–Crippen MR) is 108 cm³/mol. The van der Waals surface area contributed by atoms with E-state index in [-0.39, 0.29) is 23.5 Å². The van der Waals surface area contributed by atoms with Gasteiger partial charge in [0.15, 0.2) is 15.6 Å². The van der Waals surface area contributed by atoms with Crippen molar-refractivity contribution in [1.82, 2.24) is 10.2 Å². The van der Waals surface area contributed by atoms with E-state index in [4.69, 9.17) is 4.42 Å². The van der Waals surface area contributed by atoms with Gasteiger partial charge in [-0.3, -0.25) is 4.79 Å². The van der Waals surface area contributed by atoms with Gasteiger partial charge in [-0.25, -0.2) is 8.42 Å². The van der Waals surface area contributed by atoms with Crippen LogP contribution in [-0.4, -0.2) is 50.7 Å². The second kappa shape index (κ2) is 7.87. The average Bonchev–Trinajstić information content (AvgIpc) is 3.43. The lowest BCUT2D eigenvalue weighted by Gasteiger charge is -2.26. The zero-order valence-electron chi connectivity index (χ0n) is 16.4. The van der Waals surface area contributed by atoms with Crippen LogP contribution >= 0.6 is 0 Å². The first kappa shape index (κ1) is 19.5. The van der Waals surface area contributed by atoms with Gasteiger partial charge in [0, 0.05) is 17.0 Å². The van der Waals surface area contributed by atoms with Crippen LogP contribution in [0.15, 0.2) is 27.5 Å². The van der Waals surface area contributed by atoms with Gasteiger partial charge in [0.1, 0.15) is 5.58 Å². The fraction of sp³-hybridized carbons (Fsp3) is 0.571. The number of benzene rings is 1. The van der Waals surface area contributed by atoms with Crippen LogP contribution in [0.4, 0.5) is 0 Å². The highest BCUT2D eigenvalue weighted by Gasteiger charge is 2.27. The van der Waals surface area contributed by atoms with Gasteiger partial charge in [-0.2, -0.15) is 0 Å². The molecule has 4 rings (SSSR count). The van der Waals surface area contributed by atoms with E-state index in [9.17, 15) is 13.2 Å². The van der Waals surface area contributed by atoms with Gasteiger partial charge in [-0.1, -0.05) is 6.42 Å². The molecule has 0 unspecified atom stereocenters. The molecular weight excluding hydrogens is 376 g/mol. The summed E-state index contributed by atoms with van der Waals surface area (Å²) in [5, 5.41) is 3.61. The number of hydrogen-bond donors (Lipinski definition) is 1. The Bertz CT molecular complexity index is 970. The number of piperidine rings is 1. The molecule has 1 saturated heterocycles. The Morgan fingerprint density at radius 3 is 2.68 bits per heavy atom. The number of hydrogen-bond acceptors (Lipinski definition) is 5. The van der Waals surface area contributed by atoms with E-state index in [0.29, 0.717) is 27.8 Å². The van der Waals surface area contributed by atoms with Gasteiger partial charge in [0.25, 0.3) is 5.91 Å². The predicted octanol–water partition coefficient (Wildman–Crippen LogP) is 3.28. The van der Waals surface area contributed by atoms with Gasteiger partial charge in [-0.05, 0) is 76.9 Å². The first-order valence-electron chi connectivity index (χ1n) is 10.2. The Balaban J connectivity index is 1.47. The second-order valence-corrected chi connectivity index (χ2v) is 10.1. The van der Waals surface area contributed by atoms with Crippen LogP contribution in [0, 0.1) is 6.92 Å². The number of fused-ring (bicyclic) bond motifs is 1. The van der Waals surface area contributed by atoms with E-state index in [1.165, 1.54) is 19.3 Å². The Kier molecular flexibility index (Phi) is 5.47. The van der Waals surface area contributed by atoms with Crippen LogP contribution < -0.4 is 5.32 Å². The Morgan fingerprint density at radius 2 is 1.96 bits per heavy atom. The monoisotopic (exact) mass is 404 g/mol. The Labute approximate surface area is 166 Å². The lowest BCUT2D eigenvalue weighted by Crippen LogP contribution is -2.31. The highest BCUT2D eigenvalue weighted by molar-refractivity contribution is 7.91. The summed E-state index contributed by atoms with van der Waals surface area (Å²) in [6.45, 7) is 4.79. The number of nitrogens with zero attached hydrogens (tertiary/aromatic N) is 1. The van der Waals surface area contributed by atoms with Crippen LogP contribution in [0.3, 0.4) is 0 Å². The summed E-state index contributed by atoms with van der Waals surface area (Å²) in [5.41, 5.74) is 1.24. The number of sulfone groups is 1. The fourth-order valence-corrected chi connectivity index (χ4v) is 5.19. The molecule has 152 valence electrons. The van der Waals surface area contributed by atoms with Crippen molar-refractivity contribution in [2.75, 3.05) is 25.4 Å². The van der Waals surface area contributed by atoms with Crippen LogP contribution in [0.25, 0.3) is 11.0 Å². The van der Waals surface area contributed by atoms with Crippen molar-refractivity contribution in [2.24, 2.45) is 0 Å². The van der Waals surface area contributed by atoms with Crippen molar-refractivity contribution in [3.8, 4) is 0 Å². The van der Waals surface area contributed by atoms with Crippen molar-refractivity contribution in [2.45, 2.75) is 56.4 Å². The first-order chi connectivity index (χ1) is 13.4. The third-order valence-electron chi connectivity index (χ3n) is 5.72. The number of likely N-dealkylation sites (tertiary alicyclic amines) is 1. The quantitative estimate of drug-likeness (QED) is 0.766. The van der Waals surface area contributed by atoms with Crippen LogP contribution in [0.2, 0.25) is 0 Å². The van der Waals surface area contributed by atoms with Crippen LogP contribution in [-0.2, 0) is 9.84 Å². The number of carbonyl (C=O) groups is 1. The van der Waals surface area contributed by atoms with Gasteiger partial charge in [0.2, 0.25) is 0 Å². The third kappa shape index (κ3) is 4.25. The molecule has 2 heterocycles. The maximum Gasteiger partial charge on any atom is 0.287 e. The summed E-state index contributed by atoms with van der Waals surface area (Å²) < 4.78 is 31.3. The van der Waals surface area contributed by atoms with E-state index in [2.05, 4.69) is 10.2 Å². The molecule has 1 aromatic carbocycles. The molecule has 28 heavy (non-hydrogen) atoms. The van der Waals surface area contributed by atoms with Crippen molar-refractivity contribution in [3.63, 3.8) is 0 Å². The summed E-state index contributed by atoms with van der Waals surface area (Å²) in [4.78, 5) is 15.0. The molecule has 1 aliphatic heterocycles. The lowest BCUT2D eigenvalue weighted by atomic mass is 10.1. The van der Waals surface area contributed by atoms with Gasteiger partial charge >= 0.3 is 0 Å². The Hall–Kier alpha value is -1.86. The SMILES string of the molecule is Cc1c(C(=O)NC2CC2)oc2ccc(S(=O)(=O)CCCN3CCCCC3)cc12. The molecule has 1 aromatic heterocycles. The summed E-state index contributed by atoms with van der Waals surface area (Å²) in [7, 11) is -3.36. The zero-order valence-corrected chi connectivity index (χ0v) is 17.2. The highest BCUT2D eigenvalue weighted by atomic mass is 32.2. The molecule has 0 radical (unpaired) electrons. The van der Waals surface area contributed by atoms with E-state index >= 15 is 0 Å². The number of aryl methyl sites for hydroxylation is 1. The molecule has 0 spiro atoms. The van der Waals surface area contributed by atoms with Crippen molar-refractivity contribution in [1.29, 1.82) is 0 Å². The maximum atomic E-state index is 12.8. The molecule has 2 fully saturated rings. The summed E-state index contributed by atoms with van der Waals surface area (Å²) in [6, 6.07) is 5.15. The van der Waals surface area contributed by atoms with E-state index < -0.39 is 9.84 Å². The van der Waals surface area contributed by atoms with E-state index in [1.54, 1.807) is 25.1 Å². The summed E-state index contributed by atoms with van der Waals surface area (Å²) in [5.74, 6) is 0.199. The van der Waals surface area contributed by atoms with Gasteiger partial charge in [0.05, 0.1) is 10.6 Å². The topological polar surface area (TPSA) is 79.6 Å². The minimum absolute atomic E-state index is 0.140. The number of rotatable bonds is 7. The smallest absolute Gasteiger partial charge is 0.287 e. The highest BCUT2D eigenvalue weighted by Crippen LogP contribution is 2.29. The fourth-order valence-electron chi connectivity index (χ4n) is 3.87. The van der Waals surface area contributed by atoms with E-state index in [0.717, 1.165) is 32.5 Å². The summed E-state index contributed by atoms with van der Waals surface area (Å²) in [6.07, 6.45) is 6.34. The van der Waals surface area contributed by atoms with Crippen molar-refractivity contribution < 1.29 is 17.6 Å². The molecule has 1 saturated carbocycles. The molecule has 2 aromatic rings. The largest absolute Gasteiger partial charge is 0.451 e. The molecule has 1 N–H and O–H groups in total. The normalized spacial score (nSPS) is 18.5. The van der Waals surface area contributed by atoms with Crippen molar-refractivity contribution >= 4 is 26.7 Å². The second-order valence-electron chi connectivity index (χ2n) is 8.04. The van der Waals surface area contributed by atoms with Crippen LogP contribution in [0.5, 0.6) is 0 Å². The van der Waals surface area contributed by atoms with Gasteiger partial charge in [-0.15, -0.1) is 0 Å². The molecule has 6 nitrogen and oxygen atoms in total. The third-order valence-corrected chi connectivity index (χ3v) is 7.52. The molecule has 1 aliphatic carbocycles. The number of nitrogens with one attached hydrogen (secondary N) is 1. The molecule has 1 amide bonds. The molecular formula is C21H28N2O4S. The first-order valence-corrected chi connectivity index (χ1v) is 11.9. The van der Waals surface area contributed by atoms with E-state index in [1.807, 2.05) is 0 Å². The average molecular weight is 405 g/mol. The standard InChI is InChI=1S/C21H28N2O4S/c1-15-18-14-17(28(25,26)13-5-12-23-10-3-2-4-11-23)8-9-19(18)27-20(15)21(24)22-16-6-7-16/h8-9,14,16H,2-7,10-13H2,1H3,(H,22,24). The van der Waals surface area contributed by atoms with Gasteiger partial charge < -0.3 is 14.6 Å². The zero-order chi connectivity index (χ0) is 19.7. The lowest BCUT2D eigenvalue weighted by molar-refractivity contribution is 0.0924. The molecule has 0 bridgehead atoms. The minimum atomic E-state index is -3.36. The minimum Gasteiger partial charge on any atom is -0.451 e. The Morgan fingerprint density at radius 1 is 1.21 bits per heavy atom. The molecule has 7 heteroatoms. The number of furan rings is 1. The molecule has 2 aliphatic rings. The van der Waals surface area contributed by atoms with Crippen LogP contribution in [0.1, 0.15) is 54.6 Å². The van der Waals surface area contributed by atoms with Crippen molar-refractivity contribution in [3.05, 3.63) is 29.5 Å². The number of amides is 1. The molecule has 0 atom stereocenters.